The Hall–Kier alpha value is 1.00. The van der Waals surface area contributed by atoms with E-state index in [1.165, 1.54) is 6.42 Å². The zero-order chi connectivity index (χ0) is 12.7. The van der Waals surface area contributed by atoms with Gasteiger partial charge in [0.05, 0.1) is 0 Å². The molecule has 1 saturated heterocycles. The van der Waals surface area contributed by atoms with Crippen molar-refractivity contribution in [2.24, 2.45) is 0 Å². The number of carbonyl (C=O) groups excluding carboxylic acids is 1. The molecule has 1 N–H and O–H groups in total. The van der Waals surface area contributed by atoms with E-state index in [2.05, 4.69) is 22.2 Å². The van der Waals surface area contributed by atoms with Crippen LogP contribution in [-0.4, -0.2) is 62.4 Å². The van der Waals surface area contributed by atoms with Gasteiger partial charge in [0.15, 0.2) is 0 Å². The largest absolute Gasteiger partial charge is 4.00 e. The molecule has 0 aliphatic carbocycles. The predicted molar refractivity (Wildman–Crippen MR) is 70.8 cm³/mol. The Bertz CT molecular complexity index is 251. The van der Waals surface area contributed by atoms with Gasteiger partial charge in [0, 0.05) is 5.78 Å². The van der Waals surface area contributed by atoms with Crippen molar-refractivity contribution in [2.75, 3.05) is 46.8 Å². The second kappa shape index (κ2) is 17.4. The fourth-order valence-electron chi connectivity index (χ4n) is 2.27. The molecule has 4 nitrogen and oxygen atoms in total. The maximum atomic E-state index is 11.6. The summed E-state index contributed by atoms with van der Waals surface area (Å²) in [6, 6.07) is 0.959. The number of likely N-dealkylation sites (N-methyl/N-ethyl adjacent to an activating group) is 1. The van der Waals surface area contributed by atoms with Gasteiger partial charge < -0.3 is 57.1 Å². The van der Waals surface area contributed by atoms with Crippen molar-refractivity contribution in [3.63, 3.8) is 0 Å². The van der Waals surface area contributed by atoms with Gasteiger partial charge in [-0.1, -0.05) is 0 Å². The topological polar surface area (TPSA) is 35.6 Å². The molecule has 21 heavy (non-hydrogen) atoms. The van der Waals surface area contributed by atoms with Crippen LogP contribution in [0, 0.1) is 6.04 Å². The molecule has 0 radical (unpaired) electrons. The first-order valence-corrected chi connectivity index (χ1v) is 6.58. The van der Waals surface area contributed by atoms with Crippen LogP contribution in [0.25, 0.3) is 0 Å². The number of nitrogens with zero attached hydrogens (tertiary/aromatic N) is 2. The molecule has 1 heterocycles. The molecule has 1 rings (SSSR count). The van der Waals surface area contributed by atoms with E-state index in [0.29, 0.717) is 0 Å². The van der Waals surface area contributed by atoms with E-state index >= 15 is 0 Å². The molecule has 0 amide bonds. The molecule has 0 saturated carbocycles. The van der Waals surface area contributed by atoms with Gasteiger partial charge in [0.25, 0.3) is 0 Å². The zero-order valence-electron chi connectivity index (χ0n) is 13.1. The number of nitrogens with one attached hydrogen (secondary N) is 1. The minimum absolute atomic E-state index is 0. The fourth-order valence-corrected chi connectivity index (χ4v) is 2.27. The molecule has 0 bridgehead atoms. The first-order chi connectivity index (χ1) is 8.11. The van der Waals surface area contributed by atoms with Crippen LogP contribution in [0.1, 0.15) is 26.2 Å². The molecule has 124 valence electrons. The molecular formula is C13H26Cl3N3OTi. The third-order valence-electron chi connectivity index (χ3n) is 3.33. The van der Waals surface area contributed by atoms with Gasteiger partial charge in [0.1, 0.15) is 0 Å². The summed E-state index contributed by atoms with van der Waals surface area (Å²) in [6.45, 7) is 6.85. The van der Waals surface area contributed by atoms with Crippen LogP contribution in [-0.2, 0) is 26.5 Å². The number of carbonyl (C=O) groups is 1. The average Bonchev–Trinajstić information content (AvgIpc) is 2.25. The Balaban J connectivity index is -0.000000361. The van der Waals surface area contributed by atoms with Crippen LogP contribution >= 0.6 is 0 Å². The number of ketones is 1. The van der Waals surface area contributed by atoms with Crippen LogP contribution in [0.2, 0.25) is 0 Å². The van der Waals surface area contributed by atoms with E-state index in [0.717, 1.165) is 51.6 Å². The summed E-state index contributed by atoms with van der Waals surface area (Å²) in [5.74, 6) is 0.208. The van der Waals surface area contributed by atoms with Crippen LogP contribution in [0.4, 0.5) is 0 Å². The molecule has 1 fully saturated rings. The molecule has 0 aromatic carbocycles. The van der Waals surface area contributed by atoms with Crippen LogP contribution in [0.5, 0.6) is 0 Å². The SMILES string of the molecule is CC(=O)[C-]1CCNCCCN(C)CCCN1C.[Cl-].[Cl-].[Cl-].[Ti+4]. The van der Waals surface area contributed by atoms with Crippen LogP contribution < -0.4 is 42.5 Å². The molecule has 0 spiro atoms. The molecule has 0 atom stereocenters. The van der Waals surface area contributed by atoms with Gasteiger partial charge in [-0.15, -0.1) is 6.42 Å². The summed E-state index contributed by atoms with van der Waals surface area (Å²) in [6.07, 6.45) is 3.15. The summed E-state index contributed by atoms with van der Waals surface area (Å²) in [4.78, 5) is 16.1. The zero-order valence-corrected chi connectivity index (χ0v) is 16.9. The maximum Gasteiger partial charge on any atom is 4.00 e. The van der Waals surface area contributed by atoms with Crippen molar-refractivity contribution in [2.45, 2.75) is 26.2 Å². The maximum absolute atomic E-state index is 11.6. The average molecular weight is 395 g/mol. The Morgan fingerprint density at radius 2 is 1.57 bits per heavy atom. The number of rotatable bonds is 1. The Kier molecular flexibility index (Phi) is 24.8. The van der Waals surface area contributed by atoms with Crippen LogP contribution in [0.15, 0.2) is 0 Å². The van der Waals surface area contributed by atoms with E-state index in [9.17, 15) is 4.79 Å². The van der Waals surface area contributed by atoms with Gasteiger partial charge in [-0.25, -0.2) is 6.04 Å². The Morgan fingerprint density at radius 3 is 2.14 bits per heavy atom. The third kappa shape index (κ3) is 13.2. The minimum Gasteiger partial charge on any atom is -1.00 e. The van der Waals surface area contributed by atoms with E-state index in [-0.39, 0.29) is 64.7 Å². The molecule has 0 aromatic rings. The Morgan fingerprint density at radius 1 is 1.00 bits per heavy atom. The number of halogens is 3. The molecule has 0 aromatic heterocycles. The number of hydrogen-bond donors (Lipinski definition) is 1. The monoisotopic (exact) mass is 393 g/mol. The first-order valence-electron chi connectivity index (χ1n) is 6.58. The van der Waals surface area contributed by atoms with Gasteiger partial charge in [-0.05, 0) is 66.6 Å². The second-order valence-corrected chi connectivity index (χ2v) is 4.93. The van der Waals surface area contributed by atoms with Crippen molar-refractivity contribution in [3.8, 4) is 0 Å². The molecule has 8 heteroatoms. The number of hydrogen-bond acceptors (Lipinski definition) is 4. The van der Waals surface area contributed by atoms with Crippen molar-refractivity contribution < 1.29 is 63.7 Å². The van der Waals surface area contributed by atoms with Crippen molar-refractivity contribution in [3.05, 3.63) is 6.04 Å². The standard InChI is InChI=1S/C13H26N3O.3ClH.Ti/c1-12(17)13-6-8-14-7-4-9-15(2)10-5-11-16(13)3;;;;/h14H,4-11H2,1-3H3;3*1H;/q-1;;;;+4/p-3. The molecular weight excluding hydrogens is 368 g/mol. The summed E-state index contributed by atoms with van der Waals surface area (Å²) < 4.78 is 0. The molecule has 1 aliphatic rings. The summed E-state index contributed by atoms with van der Waals surface area (Å²) in [7, 11) is 4.20. The van der Waals surface area contributed by atoms with Crippen molar-refractivity contribution in [1.29, 1.82) is 0 Å². The summed E-state index contributed by atoms with van der Waals surface area (Å²) >= 11 is 0. The number of Topliss-reactive ketones (excluding diaryl/α,β-unsaturated/α-hetero) is 1. The predicted octanol–water partition coefficient (Wildman–Crippen LogP) is -8.25. The van der Waals surface area contributed by atoms with E-state index in [1.54, 1.807) is 6.92 Å². The summed E-state index contributed by atoms with van der Waals surface area (Å²) in [5.41, 5.74) is 0. The van der Waals surface area contributed by atoms with E-state index < -0.39 is 0 Å². The van der Waals surface area contributed by atoms with Gasteiger partial charge in [-0.3, -0.25) is 0 Å². The summed E-state index contributed by atoms with van der Waals surface area (Å²) in [5, 5.41) is 3.40. The fraction of sp³-hybridized carbons (Fsp3) is 0.846. The second-order valence-electron chi connectivity index (χ2n) is 4.93. The smallest absolute Gasteiger partial charge is 1.00 e. The first kappa shape index (κ1) is 29.9. The van der Waals surface area contributed by atoms with Gasteiger partial charge >= 0.3 is 21.7 Å². The van der Waals surface area contributed by atoms with E-state index in [4.69, 9.17) is 0 Å². The molecule has 1 aliphatic heterocycles. The van der Waals surface area contributed by atoms with Gasteiger partial charge in [0.2, 0.25) is 0 Å². The quantitative estimate of drug-likeness (QED) is 0.354. The Labute approximate surface area is 163 Å². The third-order valence-corrected chi connectivity index (χ3v) is 3.33. The minimum atomic E-state index is 0. The van der Waals surface area contributed by atoms with Crippen molar-refractivity contribution >= 4 is 5.78 Å². The normalized spacial score (nSPS) is 18.5. The van der Waals surface area contributed by atoms with Crippen LogP contribution in [0.3, 0.4) is 0 Å². The van der Waals surface area contributed by atoms with E-state index in [1.807, 2.05) is 7.05 Å². The van der Waals surface area contributed by atoms with Gasteiger partial charge in [-0.2, -0.15) is 0 Å². The van der Waals surface area contributed by atoms with Crippen molar-refractivity contribution in [1.82, 2.24) is 15.1 Å². The molecule has 0 unspecified atom stereocenters.